The van der Waals surface area contributed by atoms with Crippen LogP contribution in [0.4, 0.5) is 5.69 Å². The summed E-state index contributed by atoms with van der Waals surface area (Å²) in [5, 5.41) is 13.2. The van der Waals surface area contributed by atoms with E-state index in [0.29, 0.717) is 12.2 Å². The molecule has 2 aromatic rings. The number of aromatic nitrogens is 1. The minimum absolute atomic E-state index is 0.112. The van der Waals surface area contributed by atoms with Gasteiger partial charge in [0.2, 0.25) is 0 Å². The molecule has 0 spiro atoms. The van der Waals surface area contributed by atoms with Gasteiger partial charge in [0.1, 0.15) is 11.9 Å². The first-order chi connectivity index (χ1) is 8.65. The molecule has 0 radical (unpaired) electrons. The van der Waals surface area contributed by atoms with Crippen molar-refractivity contribution in [3.63, 3.8) is 0 Å². The van der Waals surface area contributed by atoms with E-state index in [0.717, 1.165) is 10.2 Å². The summed E-state index contributed by atoms with van der Waals surface area (Å²) in [6.07, 6.45) is 5.02. The highest BCUT2D eigenvalue weighted by atomic mass is 79.9. The molecule has 5 heteroatoms. The van der Waals surface area contributed by atoms with Gasteiger partial charge < -0.3 is 14.8 Å². The number of aliphatic hydroxyl groups excluding tert-OH is 1. The molecule has 96 valence electrons. The molecule has 0 unspecified atom stereocenters. The Hall–Kier alpha value is -1.33. The highest BCUT2D eigenvalue weighted by molar-refractivity contribution is 9.10. The number of anilines is 1. The first-order valence-corrected chi connectivity index (χ1v) is 6.53. The van der Waals surface area contributed by atoms with Crippen LogP contribution in [0.5, 0.6) is 0 Å². The first kappa shape index (κ1) is 13.1. The Morgan fingerprint density at radius 1 is 1.50 bits per heavy atom. The predicted molar refractivity (Wildman–Crippen MR) is 73.3 cm³/mol. The van der Waals surface area contributed by atoms with Crippen LogP contribution in [0.25, 0.3) is 0 Å². The highest BCUT2D eigenvalue weighted by Crippen LogP contribution is 2.21. The van der Waals surface area contributed by atoms with E-state index in [-0.39, 0.29) is 6.04 Å². The third-order valence-corrected chi connectivity index (χ3v) is 3.00. The van der Waals surface area contributed by atoms with Gasteiger partial charge >= 0.3 is 0 Å². The Bertz CT molecular complexity index is 487. The lowest BCUT2D eigenvalue weighted by Crippen LogP contribution is -2.18. The fourth-order valence-electron chi connectivity index (χ4n) is 1.77. The Balaban J connectivity index is 1.91. The van der Waals surface area contributed by atoms with Crippen LogP contribution in [0, 0.1) is 0 Å². The van der Waals surface area contributed by atoms with Gasteiger partial charge in [-0.05, 0) is 41.1 Å². The Morgan fingerprint density at radius 2 is 2.33 bits per heavy atom. The molecule has 0 aliphatic carbocycles. The predicted octanol–water partition coefficient (Wildman–Crippen LogP) is 3.36. The quantitative estimate of drug-likeness (QED) is 0.889. The van der Waals surface area contributed by atoms with Crippen LogP contribution >= 0.6 is 15.9 Å². The standard InChI is InChI=1S/C13H15BrN2O2/c1-9(5-12(17)13-3-2-4-18-13)16-11-6-10(14)7-15-8-11/h2-4,6-9,12,16-17H,5H2,1H3/t9-,12-/m1/s1. The van der Waals surface area contributed by atoms with E-state index in [1.54, 1.807) is 30.8 Å². The van der Waals surface area contributed by atoms with Gasteiger partial charge in [0.25, 0.3) is 0 Å². The lowest BCUT2D eigenvalue weighted by atomic mass is 10.1. The molecule has 0 aliphatic rings. The van der Waals surface area contributed by atoms with Crippen LogP contribution in [-0.2, 0) is 0 Å². The fraction of sp³-hybridized carbons (Fsp3) is 0.308. The van der Waals surface area contributed by atoms with Gasteiger partial charge in [0.15, 0.2) is 0 Å². The number of nitrogens with zero attached hydrogens (tertiary/aromatic N) is 1. The van der Waals surface area contributed by atoms with Gasteiger partial charge in [-0.2, -0.15) is 0 Å². The zero-order valence-electron chi connectivity index (χ0n) is 10.0. The van der Waals surface area contributed by atoms with Crippen molar-refractivity contribution in [3.05, 3.63) is 47.1 Å². The highest BCUT2D eigenvalue weighted by Gasteiger charge is 2.14. The Labute approximate surface area is 114 Å². The van der Waals surface area contributed by atoms with Gasteiger partial charge in [-0.25, -0.2) is 0 Å². The summed E-state index contributed by atoms with van der Waals surface area (Å²) in [5.74, 6) is 0.594. The summed E-state index contributed by atoms with van der Waals surface area (Å²) >= 11 is 3.37. The summed E-state index contributed by atoms with van der Waals surface area (Å²) in [6.45, 7) is 2.01. The monoisotopic (exact) mass is 310 g/mol. The van der Waals surface area contributed by atoms with Gasteiger partial charge in [-0.15, -0.1) is 0 Å². The van der Waals surface area contributed by atoms with Crippen molar-refractivity contribution in [1.29, 1.82) is 0 Å². The van der Waals surface area contributed by atoms with E-state index in [2.05, 4.69) is 26.2 Å². The van der Waals surface area contributed by atoms with Crippen molar-refractivity contribution in [3.8, 4) is 0 Å². The number of halogens is 1. The summed E-state index contributed by atoms with van der Waals surface area (Å²) in [6, 6.07) is 5.61. The summed E-state index contributed by atoms with van der Waals surface area (Å²) in [4.78, 5) is 4.08. The molecule has 0 aromatic carbocycles. The van der Waals surface area contributed by atoms with Crippen LogP contribution in [-0.4, -0.2) is 16.1 Å². The van der Waals surface area contributed by atoms with E-state index in [1.165, 1.54) is 0 Å². The minimum Gasteiger partial charge on any atom is -0.467 e. The van der Waals surface area contributed by atoms with Gasteiger partial charge in [-0.3, -0.25) is 4.98 Å². The number of pyridine rings is 1. The topological polar surface area (TPSA) is 58.3 Å². The molecule has 0 saturated carbocycles. The molecule has 2 heterocycles. The molecule has 0 fully saturated rings. The number of hydrogen-bond donors (Lipinski definition) is 2. The Morgan fingerprint density at radius 3 is 3.00 bits per heavy atom. The molecule has 2 N–H and O–H groups in total. The van der Waals surface area contributed by atoms with Gasteiger partial charge in [0.05, 0.1) is 18.1 Å². The smallest absolute Gasteiger partial charge is 0.132 e. The average molecular weight is 311 g/mol. The number of aliphatic hydroxyl groups is 1. The fourth-order valence-corrected chi connectivity index (χ4v) is 2.13. The summed E-state index contributed by atoms with van der Waals surface area (Å²) < 4.78 is 6.09. The van der Waals surface area contributed by atoms with Crippen LogP contribution in [0.15, 0.2) is 45.7 Å². The zero-order valence-corrected chi connectivity index (χ0v) is 11.6. The molecular weight excluding hydrogens is 296 g/mol. The molecule has 0 amide bonds. The second-order valence-electron chi connectivity index (χ2n) is 4.20. The van der Waals surface area contributed by atoms with Crippen molar-refractivity contribution in [2.75, 3.05) is 5.32 Å². The zero-order chi connectivity index (χ0) is 13.0. The van der Waals surface area contributed by atoms with Crippen LogP contribution in [0.1, 0.15) is 25.2 Å². The molecule has 0 saturated heterocycles. The Kier molecular flexibility index (Phi) is 4.38. The molecular formula is C13H15BrN2O2. The molecule has 4 nitrogen and oxygen atoms in total. The largest absolute Gasteiger partial charge is 0.467 e. The average Bonchev–Trinajstić information content (AvgIpc) is 2.81. The van der Waals surface area contributed by atoms with Crippen molar-refractivity contribution < 1.29 is 9.52 Å². The SMILES string of the molecule is C[C@H](C[C@@H](O)c1ccco1)Nc1cncc(Br)c1. The maximum Gasteiger partial charge on any atom is 0.132 e. The molecule has 0 aliphatic heterocycles. The third kappa shape index (κ3) is 3.58. The number of hydrogen-bond acceptors (Lipinski definition) is 4. The normalized spacial score (nSPS) is 14.2. The van der Waals surface area contributed by atoms with Gasteiger partial charge in [-0.1, -0.05) is 0 Å². The third-order valence-electron chi connectivity index (χ3n) is 2.57. The second-order valence-corrected chi connectivity index (χ2v) is 5.12. The van der Waals surface area contributed by atoms with E-state index >= 15 is 0 Å². The molecule has 18 heavy (non-hydrogen) atoms. The molecule has 2 aromatic heterocycles. The second kappa shape index (κ2) is 6.02. The number of rotatable bonds is 5. The maximum atomic E-state index is 9.95. The summed E-state index contributed by atoms with van der Waals surface area (Å²) in [5.41, 5.74) is 0.920. The van der Waals surface area contributed by atoms with E-state index < -0.39 is 6.10 Å². The molecule has 0 bridgehead atoms. The number of nitrogens with one attached hydrogen (secondary N) is 1. The number of furan rings is 1. The van der Waals surface area contributed by atoms with Crippen LogP contribution in [0.3, 0.4) is 0 Å². The molecule has 2 atom stereocenters. The van der Waals surface area contributed by atoms with E-state index in [9.17, 15) is 5.11 Å². The lowest BCUT2D eigenvalue weighted by Gasteiger charge is -2.17. The van der Waals surface area contributed by atoms with Crippen molar-refractivity contribution >= 4 is 21.6 Å². The van der Waals surface area contributed by atoms with Crippen LogP contribution in [0.2, 0.25) is 0 Å². The van der Waals surface area contributed by atoms with Crippen molar-refractivity contribution in [1.82, 2.24) is 4.98 Å². The minimum atomic E-state index is -0.595. The van der Waals surface area contributed by atoms with Crippen LogP contribution < -0.4 is 5.32 Å². The van der Waals surface area contributed by atoms with Crippen molar-refractivity contribution in [2.45, 2.75) is 25.5 Å². The van der Waals surface area contributed by atoms with Crippen molar-refractivity contribution in [2.24, 2.45) is 0 Å². The van der Waals surface area contributed by atoms with E-state index in [1.807, 2.05) is 13.0 Å². The maximum absolute atomic E-state index is 9.95. The van der Waals surface area contributed by atoms with Gasteiger partial charge in [0, 0.05) is 23.1 Å². The summed E-state index contributed by atoms with van der Waals surface area (Å²) in [7, 11) is 0. The lowest BCUT2D eigenvalue weighted by molar-refractivity contribution is 0.136. The first-order valence-electron chi connectivity index (χ1n) is 5.73. The molecule has 2 rings (SSSR count). The van der Waals surface area contributed by atoms with E-state index in [4.69, 9.17) is 4.42 Å².